The van der Waals surface area contributed by atoms with E-state index in [-0.39, 0.29) is 101 Å². The van der Waals surface area contributed by atoms with Crippen molar-refractivity contribution in [3.8, 4) is 0 Å². The minimum atomic E-state index is -1.25. The lowest BCUT2D eigenvalue weighted by Gasteiger charge is -2.23. The van der Waals surface area contributed by atoms with E-state index in [0.717, 1.165) is 96.3 Å². The molecule has 0 bridgehead atoms. The van der Waals surface area contributed by atoms with E-state index in [9.17, 15) is 48.3 Å². The highest BCUT2D eigenvalue weighted by atomic mass is 16.5. The number of nitrogens with zero attached hydrogens (tertiary/aromatic N) is 1. The number of ether oxygens (including phenoxy) is 2. The molecule has 19 heteroatoms. The van der Waals surface area contributed by atoms with E-state index in [1.807, 2.05) is 0 Å². The quantitative estimate of drug-likeness (QED) is 0.0221. The van der Waals surface area contributed by atoms with Gasteiger partial charge in [-0.1, -0.05) is 226 Å². The molecule has 1 aliphatic heterocycles. The molecule has 3 atom stereocenters. The topological polar surface area (TPSA) is 276 Å². The van der Waals surface area contributed by atoms with Crippen LogP contribution in [-0.4, -0.2) is 133 Å². The van der Waals surface area contributed by atoms with Gasteiger partial charge in [0.1, 0.15) is 18.1 Å². The van der Waals surface area contributed by atoms with Gasteiger partial charge in [-0.05, 0) is 38.5 Å². The molecule has 19 nitrogen and oxygen atoms in total. The van der Waals surface area contributed by atoms with Crippen molar-refractivity contribution in [1.82, 2.24) is 31.5 Å². The van der Waals surface area contributed by atoms with E-state index >= 15 is 0 Å². The molecular weight excluding hydrogens is 1080 g/mol. The minimum Gasteiger partial charge on any atom is -0.481 e. The van der Waals surface area contributed by atoms with Crippen LogP contribution in [-0.2, 0) is 52.6 Å². The molecule has 0 saturated carbocycles. The minimum absolute atomic E-state index is 0.0187. The second kappa shape index (κ2) is 55.7. The van der Waals surface area contributed by atoms with Gasteiger partial charge in [0, 0.05) is 57.5 Å². The van der Waals surface area contributed by atoms with Gasteiger partial charge in [0.05, 0.1) is 26.4 Å². The average Bonchev–Trinajstić information content (AvgIpc) is 3.86. The standard InChI is InChI=1S/C66H118N6O13/c1-3-5-7-9-11-13-21-25-29-34-40-55(71-65(81)56(41-35-30-26-22-14-12-10-8-6-4-2)69-59(74)43-37-33-39-49-72-61(76)45-46-62(72)77)64(80)67-48-51-85-53-52-84-50-47-58(73)68-54-57(66(82)83)70-60(75)42-36-31-27-23-19-17-15-16-18-20-24-28-32-38-44-63(78)79/h45-46,55-57H,3-44,47-54H2,1-2H3,(H,67,80)(H,68,73)(H,69,74)(H,70,75)(H,71,81)(H,78,79)(H,82,83). The maximum atomic E-state index is 14.1. The van der Waals surface area contributed by atoms with Crippen LogP contribution in [0.3, 0.4) is 0 Å². The number of amides is 7. The van der Waals surface area contributed by atoms with E-state index in [0.29, 0.717) is 45.1 Å². The van der Waals surface area contributed by atoms with Gasteiger partial charge in [0.15, 0.2) is 0 Å². The summed E-state index contributed by atoms with van der Waals surface area (Å²) in [6.07, 6.45) is 43.3. The van der Waals surface area contributed by atoms with E-state index < -0.39 is 36.0 Å². The smallest absolute Gasteiger partial charge is 0.328 e. The number of imide groups is 1. The maximum absolute atomic E-state index is 14.1. The number of nitrogens with one attached hydrogen (secondary N) is 5. The SMILES string of the molecule is CCCCCCCCCCCCC(NC(=O)CCCCCN1C(=O)C=CC1=O)C(=O)NC(CCCCCCCCCCCC)C(=O)NCCOCCOCCC(=O)NCC(NC(=O)CCCCCCCCCCCCCCCCC(=O)O)C(=O)O. The second-order valence-corrected chi connectivity index (χ2v) is 23.5. The summed E-state index contributed by atoms with van der Waals surface area (Å²) in [6.45, 7) is 5.28. The van der Waals surface area contributed by atoms with E-state index in [4.69, 9.17) is 14.6 Å². The highest BCUT2D eigenvalue weighted by molar-refractivity contribution is 6.12. The van der Waals surface area contributed by atoms with Crippen molar-refractivity contribution in [2.24, 2.45) is 0 Å². The van der Waals surface area contributed by atoms with Crippen LogP contribution in [0.15, 0.2) is 12.2 Å². The van der Waals surface area contributed by atoms with Crippen LogP contribution in [0, 0.1) is 0 Å². The molecule has 0 aliphatic carbocycles. The van der Waals surface area contributed by atoms with Crippen LogP contribution in [0.4, 0.5) is 0 Å². The second-order valence-electron chi connectivity index (χ2n) is 23.5. The van der Waals surface area contributed by atoms with Gasteiger partial charge >= 0.3 is 11.9 Å². The van der Waals surface area contributed by atoms with Gasteiger partial charge in [-0.3, -0.25) is 43.3 Å². The lowest BCUT2D eigenvalue weighted by atomic mass is 10.0. The lowest BCUT2D eigenvalue weighted by molar-refractivity contribution is -0.142. The first kappa shape index (κ1) is 78.1. The van der Waals surface area contributed by atoms with Crippen LogP contribution in [0.5, 0.6) is 0 Å². The van der Waals surface area contributed by atoms with Gasteiger partial charge in [0.2, 0.25) is 29.5 Å². The molecule has 0 spiro atoms. The highest BCUT2D eigenvalue weighted by Gasteiger charge is 2.27. The largest absolute Gasteiger partial charge is 0.481 e. The van der Waals surface area contributed by atoms with Gasteiger partial charge in [-0.2, -0.15) is 0 Å². The fourth-order valence-corrected chi connectivity index (χ4v) is 10.4. The Hall–Kier alpha value is -4.91. The molecule has 1 aliphatic rings. The molecule has 1 rings (SSSR count). The first-order valence-electron chi connectivity index (χ1n) is 33.9. The van der Waals surface area contributed by atoms with Gasteiger partial charge in [-0.25, -0.2) is 4.79 Å². The molecule has 0 aromatic carbocycles. The Kier molecular flexibility index (Phi) is 51.1. The molecule has 1 heterocycles. The van der Waals surface area contributed by atoms with Gasteiger partial charge in [0.25, 0.3) is 11.8 Å². The summed E-state index contributed by atoms with van der Waals surface area (Å²) in [4.78, 5) is 114. The molecular formula is C66H118N6O13. The highest BCUT2D eigenvalue weighted by Crippen LogP contribution is 2.17. The van der Waals surface area contributed by atoms with E-state index in [1.54, 1.807) is 0 Å². The van der Waals surface area contributed by atoms with Crippen LogP contribution < -0.4 is 26.6 Å². The van der Waals surface area contributed by atoms with Crippen molar-refractivity contribution in [1.29, 1.82) is 0 Å². The van der Waals surface area contributed by atoms with Crippen LogP contribution in [0.25, 0.3) is 0 Å². The molecule has 0 aromatic rings. The first-order chi connectivity index (χ1) is 41.3. The van der Waals surface area contributed by atoms with E-state index in [2.05, 4.69) is 40.4 Å². The number of carboxylic acids is 2. The number of unbranched alkanes of at least 4 members (excludes halogenated alkanes) is 33. The summed E-state index contributed by atoms with van der Waals surface area (Å²) in [5, 5.41) is 32.3. The molecule has 0 saturated heterocycles. The lowest BCUT2D eigenvalue weighted by Crippen LogP contribution is -2.54. The normalized spacial score (nSPS) is 13.2. The zero-order chi connectivity index (χ0) is 62.2. The Morgan fingerprint density at radius 2 is 0.776 bits per heavy atom. The van der Waals surface area contributed by atoms with Crippen LogP contribution in [0.1, 0.15) is 290 Å². The monoisotopic (exact) mass is 1200 g/mol. The summed E-state index contributed by atoms with van der Waals surface area (Å²) < 4.78 is 11.2. The summed E-state index contributed by atoms with van der Waals surface area (Å²) in [7, 11) is 0. The molecule has 0 aromatic heterocycles. The number of rotatable bonds is 62. The predicted octanol–water partition coefficient (Wildman–Crippen LogP) is 11.6. The average molecular weight is 1200 g/mol. The number of carboxylic acid groups (broad SMARTS) is 2. The third kappa shape index (κ3) is 46.9. The zero-order valence-electron chi connectivity index (χ0n) is 53.1. The number of hydrogen-bond acceptors (Lipinski definition) is 11. The maximum Gasteiger partial charge on any atom is 0.328 e. The van der Waals surface area contributed by atoms with Crippen LogP contribution >= 0.6 is 0 Å². The molecule has 3 unspecified atom stereocenters. The Labute approximate surface area is 512 Å². The van der Waals surface area contributed by atoms with Gasteiger partial charge in [-0.15, -0.1) is 0 Å². The third-order valence-electron chi connectivity index (χ3n) is 15.7. The molecule has 7 amide bonds. The molecule has 0 radical (unpaired) electrons. The third-order valence-corrected chi connectivity index (χ3v) is 15.7. The number of carbonyl (C=O) groups excluding carboxylic acids is 7. The van der Waals surface area contributed by atoms with Crippen molar-refractivity contribution < 1.29 is 62.8 Å². The fourth-order valence-electron chi connectivity index (χ4n) is 10.4. The number of aliphatic carboxylic acids is 2. The number of hydrogen-bond donors (Lipinski definition) is 7. The van der Waals surface area contributed by atoms with Crippen LogP contribution in [0.2, 0.25) is 0 Å². The summed E-state index contributed by atoms with van der Waals surface area (Å²) in [5.41, 5.74) is 0. The summed E-state index contributed by atoms with van der Waals surface area (Å²) >= 11 is 0. The Morgan fingerprint density at radius 3 is 1.21 bits per heavy atom. The van der Waals surface area contributed by atoms with Crippen molar-refractivity contribution in [2.75, 3.05) is 46.1 Å². The van der Waals surface area contributed by atoms with Crippen molar-refractivity contribution >= 4 is 53.3 Å². The molecule has 85 heavy (non-hydrogen) atoms. The predicted molar refractivity (Wildman–Crippen MR) is 334 cm³/mol. The summed E-state index contributed by atoms with van der Waals surface area (Å²) in [5.74, 6) is -4.36. The molecule has 0 fully saturated rings. The number of carbonyl (C=O) groups is 9. The van der Waals surface area contributed by atoms with Gasteiger partial charge < -0.3 is 46.3 Å². The first-order valence-corrected chi connectivity index (χ1v) is 33.9. The Morgan fingerprint density at radius 1 is 0.400 bits per heavy atom. The van der Waals surface area contributed by atoms with Crippen molar-refractivity contribution in [3.05, 3.63) is 12.2 Å². The molecule has 490 valence electrons. The van der Waals surface area contributed by atoms with E-state index in [1.165, 1.54) is 133 Å². The Balaban J connectivity index is 2.53. The zero-order valence-corrected chi connectivity index (χ0v) is 53.1. The molecule has 7 N–H and O–H groups in total. The van der Waals surface area contributed by atoms with Crippen molar-refractivity contribution in [2.45, 2.75) is 308 Å². The van der Waals surface area contributed by atoms with Crippen molar-refractivity contribution in [3.63, 3.8) is 0 Å². The summed E-state index contributed by atoms with van der Waals surface area (Å²) in [6, 6.07) is -2.86. The fraction of sp³-hybridized carbons (Fsp3) is 0.833. The Bertz CT molecular complexity index is 1820.